The van der Waals surface area contributed by atoms with E-state index in [4.69, 9.17) is 21.3 Å². The number of thioether (sulfide) groups is 1. The largest absolute Gasteiger partial charge is 0.404 e. The van der Waals surface area contributed by atoms with Crippen LogP contribution in [0.25, 0.3) is 0 Å². The summed E-state index contributed by atoms with van der Waals surface area (Å²) in [7, 11) is 1.95. The van der Waals surface area contributed by atoms with Crippen LogP contribution < -0.4 is 4.90 Å². The molecule has 1 atom stereocenters. The van der Waals surface area contributed by atoms with Gasteiger partial charge in [-0.25, -0.2) is 4.99 Å². The Labute approximate surface area is 155 Å². The van der Waals surface area contributed by atoms with Crippen LogP contribution in [-0.2, 0) is 9.53 Å². The van der Waals surface area contributed by atoms with Crippen molar-refractivity contribution in [1.82, 2.24) is 0 Å². The van der Waals surface area contributed by atoms with Crippen LogP contribution in [0.4, 0.5) is 5.69 Å². The molecule has 0 N–H and O–H groups in total. The molecule has 0 amide bonds. The van der Waals surface area contributed by atoms with E-state index in [-0.39, 0.29) is 11.2 Å². The summed E-state index contributed by atoms with van der Waals surface area (Å²) in [6.07, 6.45) is 0. The third-order valence-electron chi connectivity index (χ3n) is 4.14. The first kappa shape index (κ1) is 16.2. The molecule has 4 nitrogen and oxygen atoms in total. The summed E-state index contributed by atoms with van der Waals surface area (Å²) in [4.78, 5) is 18.8. The first-order valence-electron chi connectivity index (χ1n) is 7.85. The predicted octanol–water partition coefficient (Wildman–Crippen LogP) is 4.43. The minimum atomic E-state index is -0.280. The average molecular weight is 371 g/mol. The maximum atomic E-state index is 12.1. The number of fused-ring (bicyclic) bond motifs is 1. The number of rotatable bonds is 1. The Morgan fingerprint density at radius 2 is 1.96 bits per heavy atom. The molecule has 0 spiro atoms. The summed E-state index contributed by atoms with van der Waals surface area (Å²) >= 11 is 7.71. The number of aliphatic imine (C=N–C) groups is 1. The van der Waals surface area contributed by atoms with Crippen LogP contribution in [0.5, 0.6) is 0 Å². The Kier molecular flexibility index (Phi) is 4.06. The molecule has 0 aliphatic carbocycles. The van der Waals surface area contributed by atoms with Crippen molar-refractivity contribution in [2.75, 3.05) is 11.9 Å². The van der Waals surface area contributed by atoms with Gasteiger partial charge in [0.1, 0.15) is 10.3 Å². The van der Waals surface area contributed by atoms with E-state index in [1.54, 1.807) is 0 Å². The molecule has 0 saturated heterocycles. The van der Waals surface area contributed by atoms with Crippen molar-refractivity contribution < 1.29 is 9.53 Å². The zero-order chi connectivity index (χ0) is 17.6. The van der Waals surface area contributed by atoms with Crippen LogP contribution in [0.15, 0.2) is 64.4 Å². The lowest BCUT2D eigenvalue weighted by molar-refractivity contribution is -0.138. The molecule has 2 aromatic carbocycles. The van der Waals surface area contributed by atoms with Crippen molar-refractivity contribution in [2.24, 2.45) is 4.99 Å². The van der Waals surface area contributed by atoms with E-state index in [0.717, 1.165) is 27.6 Å². The van der Waals surface area contributed by atoms with E-state index in [9.17, 15) is 4.79 Å². The third-order valence-corrected chi connectivity index (χ3v) is 5.59. The highest BCUT2D eigenvalue weighted by molar-refractivity contribution is 8.04. The van der Waals surface area contributed by atoms with E-state index in [1.807, 2.05) is 67.4 Å². The summed E-state index contributed by atoms with van der Waals surface area (Å²) in [6, 6.07) is 15.5. The van der Waals surface area contributed by atoms with E-state index in [0.29, 0.717) is 10.9 Å². The highest BCUT2D eigenvalue weighted by Crippen LogP contribution is 2.41. The van der Waals surface area contributed by atoms with Gasteiger partial charge in [-0.15, -0.1) is 0 Å². The Bertz CT molecular complexity index is 924. The Morgan fingerprint density at radius 3 is 2.72 bits per heavy atom. The molecule has 2 aromatic rings. The molecule has 0 fully saturated rings. The molecular formula is C19H15ClN2O2S. The van der Waals surface area contributed by atoms with Crippen LogP contribution in [0.2, 0.25) is 5.02 Å². The molecule has 2 heterocycles. The lowest BCUT2D eigenvalue weighted by Crippen LogP contribution is -2.27. The van der Waals surface area contributed by atoms with E-state index < -0.39 is 0 Å². The quantitative estimate of drug-likeness (QED) is 0.696. The van der Waals surface area contributed by atoms with Gasteiger partial charge in [0.2, 0.25) is 0 Å². The van der Waals surface area contributed by atoms with Gasteiger partial charge >= 0.3 is 5.97 Å². The van der Waals surface area contributed by atoms with Crippen LogP contribution >= 0.6 is 23.4 Å². The van der Waals surface area contributed by atoms with Gasteiger partial charge in [-0.1, -0.05) is 53.7 Å². The zero-order valence-electron chi connectivity index (χ0n) is 13.7. The lowest BCUT2D eigenvalue weighted by atomic mass is 10.0. The van der Waals surface area contributed by atoms with Crippen molar-refractivity contribution in [3.63, 3.8) is 0 Å². The monoisotopic (exact) mass is 370 g/mol. The predicted molar refractivity (Wildman–Crippen MR) is 102 cm³/mol. The smallest absolute Gasteiger partial charge is 0.326 e. The number of carbonyl (C=O) groups is 1. The number of benzene rings is 2. The molecule has 25 heavy (non-hydrogen) atoms. The minimum absolute atomic E-state index is 0.273. The fourth-order valence-corrected chi connectivity index (χ4v) is 3.95. The van der Waals surface area contributed by atoms with Gasteiger partial charge in [-0.3, -0.25) is 4.79 Å². The van der Waals surface area contributed by atoms with Crippen LogP contribution in [0, 0.1) is 0 Å². The van der Waals surface area contributed by atoms with Gasteiger partial charge in [0.25, 0.3) is 5.88 Å². The zero-order valence-corrected chi connectivity index (χ0v) is 15.3. The Balaban J connectivity index is 1.98. The molecule has 0 bridgehead atoms. The molecule has 1 unspecified atom stereocenters. The van der Waals surface area contributed by atoms with E-state index in [1.165, 1.54) is 11.8 Å². The fourth-order valence-electron chi connectivity index (χ4n) is 2.86. The summed E-state index contributed by atoms with van der Waals surface area (Å²) in [5.74, 6) is 0.0547. The maximum Gasteiger partial charge on any atom is 0.326 e. The van der Waals surface area contributed by atoms with Gasteiger partial charge in [0.15, 0.2) is 0 Å². The van der Waals surface area contributed by atoms with E-state index in [2.05, 4.69) is 0 Å². The van der Waals surface area contributed by atoms with E-state index >= 15 is 0 Å². The van der Waals surface area contributed by atoms with Crippen LogP contribution in [0.1, 0.15) is 18.1 Å². The first-order valence-corrected chi connectivity index (χ1v) is 9.11. The Morgan fingerprint density at radius 1 is 1.20 bits per heavy atom. The molecule has 126 valence electrons. The minimum Gasteiger partial charge on any atom is -0.404 e. The number of anilines is 1. The number of hydrogen-bond donors (Lipinski definition) is 0. The summed E-state index contributed by atoms with van der Waals surface area (Å²) in [5.41, 5.74) is 3.54. The van der Waals surface area contributed by atoms with Crippen molar-refractivity contribution in [3.05, 3.63) is 75.6 Å². The normalized spacial score (nSPS) is 19.6. The van der Waals surface area contributed by atoms with Crippen molar-refractivity contribution in [1.29, 1.82) is 0 Å². The number of halogens is 1. The van der Waals surface area contributed by atoms with Crippen molar-refractivity contribution in [2.45, 2.75) is 12.2 Å². The summed E-state index contributed by atoms with van der Waals surface area (Å²) < 4.78 is 5.52. The molecule has 2 aliphatic rings. The lowest BCUT2D eigenvalue weighted by Gasteiger charge is -2.27. The second-order valence-electron chi connectivity index (χ2n) is 5.84. The van der Waals surface area contributed by atoms with Crippen molar-refractivity contribution >= 4 is 40.7 Å². The standard InChI is InChI=1S/C19H15ClN2O2S/c1-11-19(23)24-17-18(25-11)22(2)15-9-8-13(20)10-14(15)16(21-17)12-6-4-3-5-7-12/h3-11H,1-2H3. The highest BCUT2D eigenvalue weighted by atomic mass is 35.5. The van der Waals surface area contributed by atoms with Gasteiger partial charge in [0.05, 0.1) is 11.4 Å². The molecule has 0 aromatic heterocycles. The van der Waals surface area contributed by atoms with Crippen LogP contribution in [0.3, 0.4) is 0 Å². The molecule has 6 heteroatoms. The first-order chi connectivity index (χ1) is 12.0. The van der Waals surface area contributed by atoms with Crippen molar-refractivity contribution in [3.8, 4) is 0 Å². The number of ether oxygens (including phenoxy) is 1. The molecule has 0 saturated carbocycles. The van der Waals surface area contributed by atoms with Crippen LogP contribution in [-0.4, -0.2) is 24.0 Å². The van der Waals surface area contributed by atoms with Gasteiger partial charge in [-0.2, -0.15) is 0 Å². The van der Waals surface area contributed by atoms with Gasteiger partial charge in [0, 0.05) is 23.2 Å². The third kappa shape index (κ3) is 2.83. The molecule has 2 aliphatic heterocycles. The number of esters is 1. The fraction of sp³-hybridized carbons (Fsp3) is 0.158. The maximum absolute atomic E-state index is 12.1. The molecule has 0 radical (unpaired) electrons. The molecular weight excluding hydrogens is 356 g/mol. The summed E-state index contributed by atoms with van der Waals surface area (Å²) in [5, 5.41) is 1.18. The summed E-state index contributed by atoms with van der Waals surface area (Å²) in [6.45, 7) is 1.83. The topological polar surface area (TPSA) is 41.9 Å². The molecule has 4 rings (SSSR count). The second kappa shape index (κ2) is 6.24. The number of carbonyl (C=O) groups excluding carboxylic acids is 1. The SMILES string of the molecule is CC1SC2=C(N=C(c3ccccc3)c3cc(Cl)ccc3N2C)OC1=O. The number of hydrogen-bond acceptors (Lipinski definition) is 5. The average Bonchev–Trinajstić information content (AvgIpc) is 2.72. The number of nitrogens with zero attached hydrogens (tertiary/aromatic N) is 2. The second-order valence-corrected chi connectivity index (χ2v) is 7.60. The highest BCUT2D eigenvalue weighted by Gasteiger charge is 2.34. The van der Waals surface area contributed by atoms with Gasteiger partial charge in [-0.05, 0) is 25.1 Å². The van der Waals surface area contributed by atoms with Gasteiger partial charge < -0.3 is 9.64 Å². The Hall–Kier alpha value is -2.24.